The molecule has 0 aliphatic carbocycles. The van der Waals surface area contributed by atoms with Gasteiger partial charge in [0.15, 0.2) is 5.16 Å². The van der Waals surface area contributed by atoms with Gasteiger partial charge in [0.05, 0.1) is 16.8 Å². The summed E-state index contributed by atoms with van der Waals surface area (Å²) in [6, 6.07) is 17.6. The molecule has 0 radical (unpaired) electrons. The van der Waals surface area contributed by atoms with Crippen LogP contribution >= 0.6 is 11.8 Å². The molecule has 0 atom stereocenters. The number of hydrogen-bond donors (Lipinski definition) is 1. The number of rotatable bonds is 6. The first kappa shape index (κ1) is 16.6. The van der Waals surface area contributed by atoms with Gasteiger partial charge in [-0.15, -0.1) is 0 Å². The summed E-state index contributed by atoms with van der Waals surface area (Å²) in [5.74, 6) is 0.838. The molecule has 24 heavy (non-hydrogen) atoms. The highest BCUT2D eigenvalue weighted by molar-refractivity contribution is 7.99. The van der Waals surface area contributed by atoms with Gasteiger partial charge in [-0.3, -0.25) is 4.79 Å². The van der Waals surface area contributed by atoms with Gasteiger partial charge in [0.25, 0.3) is 0 Å². The predicted octanol–water partition coefficient (Wildman–Crippen LogP) is 4.42. The predicted molar refractivity (Wildman–Crippen MR) is 100 cm³/mol. The van der Waals surface area contributed by atoms with Gasteiger partial charge in [0, 0.05) is 12.2 Å². The van der Waals surface area contributed by atoms with Crippen LogP contribution < -0.4 is 5.32 Å². The maximum Gasteiger partial charge on any atom is 0.234 e. The molecule has 0 aliphatic heterocycles. The minimum absolute atomic E-state index is 0.0191. The zero-order valence-corrected chi connectivity index (χ0v) is 14.7. The molecule has 0 saturated heterocycles. The fourth-order valence-corrected chi connectivity index (χ4v) is 3.38. The van der Waals surface area contributed by atoms with Crippen molar-refractivity contribution in [3.05, 3.63) is 54.6 Å². The summed E-state index contributed by atoms with van der Waals surface area (Å²) in [5.41, 5.74) is 2.92. The van der Waals surface area contributed by atoms with Gasteiger partial charge < -0.3 is 9.88 Å². The van der Waals surface area contributed by atoms with Crippen molar-refractivity contribution in [2.24, 2.45) is 5.92 Å². The third kappa shape index (κ3) is 3.97. The van der Waals surface area contributed by atoms with Crippen molar-refractivity contribution < 1.29 is 4.79 Å². The van der Waals surface area contributed by atoms with Crippen LogP contribution in [-0.4, -0.2) is 21.2 Å². The van der Waals surface area contributed by atoms with Crippen LogP contribution in [0.25, 0.3) is 11.0 Å². The van der Waals surface area contributed by atoms with Crippen molar-refractivity contribution in [3.63, 3.8) is 0 Å². The Morgan fingerprint density at radius 1 is 1.12 bits per heavy atom. The van der Waals surface area contributed by atoms with Crippen molar-refractivity contribution in [2.45, 2.75) is 25.5 Å². The number of nitrogens with one attached hydrogen (secondary N) is 1. The van der Waals surface area contributed by atoms with Crippen LogP contribution in [0.3, 0.4) is 0 Å². The molecule has 5 heteroatoms. The molecule has 124 valence electrons. The van der Waals surface area contributed by atoms with Crippen LogP contribution in [-0.2, 0) is 11.3 Å². The van der Waals surface area contributed by atoms with E-state index in [4.69, 9.17) is 4.98 Å². The minimum Gasteiger partial charge on any atom is -0.325 e. The number of para-hydroxylation sites is 3. The summed E-state index contributed by atoms with van der Waals surface area (Å²) in [7, 11) is 0. The highest BCUT2D eigenvalue weighted by Crippen LogP contribution is 2.25. The molecule has 0 unspecified atom stereocenters. The molecule has 0 spiro atoms. The number of benzene rings is 2. The second-order valence-corrected chi connectivity index (χ2v) is 7.03. The Bertz CT molecular complexity index is 827. The monoisotopic (exact) mass is 339 g/mol. The van der Waals surface area contributed by atoms with E-state index in [2.05, 4.69) is 29.8 Å². The molecule has 1 N–H and O–H groups in total. The SMILES string of the molecule is CC(C)Cn1c(SCC(=O)Nc2ccccc2)nc2ccccc21. The van der Waals surface area contributed by atoms with Gasteiger partial charge in [-0.1, -0.05) is 55.9 Å². The Kier molecular flexibility index (Phi) is 5.20. The summed E-state index contributed by atoms with van der Waals surface area (Å²) in [6.45, 7) is 5.26. The molecule has 0 saturated carbocycles. The van der Waals surface area contributed by atoms with E-state index >= 15 is 0 Å². The molecule has 3 aromatic rings. The molecule has 4 nitrogen and oxygen atoms in total. The van der Waals surface area contributed by atoms with Crippen molar-refractivity contribution in [1.82, 2.24) is 9.55 Å². The largest absolute Gasteiger partial charge is 0.325 e. The van der Waals surface area contributed by atoms with Gasteiger partial charge in [0.1, 0.15) is 0 Å². The van der Waals surface area contributed by atoms with E-state index in [-0.39, 0.29) is 5.91 Å². The highest BCUT2D eigenvalue weighted by atomic mass is 32.2. The number of fused-ring (bicyclic) bond motifs is 1. The minimum atomic E-state index is -0.0191. The smallest absolute Gasteiger partial charge is 0.234 e. The highest BCUT2D eigenvalue weighted by Gasteiger charge is 2.13. The van der Waals surface area contributed by atoms with Crippen molar-refractivity contribution in [1.29, 1.82) is 0 Å². The molecule has 0 bridgehead atoms. The van der Waals surface area contributed by atoms with Gasteiger partial charge in [0.2, 0.25) is 5.91 Å². The van der Waals surface area contributed by atoms with Crippen LogP contribution in [0.2, 0.25) is 0 Å². The molecule has 2 aromatic carbocycles. The maximum atomic E-state index is 12.2. The summed E-state index contributed by atoms with van der Waals surface area (Å²) in [4.78, 5) is 16.9. The number of hydrogen-bond acceptors (Lipinski definition) is 3. The number of anilines is 1. The van der Waals surface area contributed by atoms with Gasteiger partial charge >= 0.3 is 0 Å². The van der Waals surface area contributed by atoms with E-state index in [1.54, 1.807) is 0 Å². The zero-order valence-electron chi connectivity index (χ0n) is 13.9. The van der Waals surface area contributed by atoms with Crippen LogP contribution in [0.1, 0.15) is 13.8 Å². The average Bonchev–Trinajstić information content (AvgIpc) is 2.91. The molecule has 0 fully saturated rings. The lowest BCUT2D eigenvalue weighted by Crippen LogP contribution is -2.14. The number of thioether (sulfide) groups is 1. The van der Waals surface area contributed by atoms with Gasteiger partial charge in [-0.2, -0.15) is 0 Å². The molecule has 1 amide bonds. The van der Waals surface area contributed by atoms with Gasteiger partial charge in [-0.25, -0.2) is 4.98 Å². The lowest BCUT2D eigenvalue weighted by atomic mass is 10.2. The first-order valence-electron chi connectivity index (χ1n) is 8.06. The zero-order chi connectivity index (χ0) is 16.9. The Hall–Kier alpha value is -2.27. The lowest BCUT2D eigenvalue weighted by molar-refractivity contribution is -0.113. The van der Waals surface area contributed by atoms with Crippen LogP contribution in [0, 0.1) is 5.92 Å². The normalized spacial score (nSPS) is 11.1. The third-order valence-electron chi connectivity index (χ3n) is 3.56. The number of amides is 1. The summed E-state index contributed by atoms with van der Waals surface area (Å²) in [5, 5.41) is 3.81. The third-order valence-corrected chi connectivity index (χ3v) is 4.53. The Balaban J connectivity index is 1.73. The lowest BCUT2D eigenvalue weighted by Gasteiger charge is -2.11. The maximum absolute atomic E-state index is 12.2. The van der Waals surface area contributed by atoms with E-state index in [1.807, 2.05) is 48.5 Å². The first-order valence-corrected chi connectivity index (χ1v) is 9.05. The number of carbonyl (C=O) groups excluding carboxylic acids is 1. The summed E-state index contributed by atoms with van der Waals surface area (Å²) < 4.78 is 2.21. The van der Waals surface area contributed by atoms with Gasteiger partial charge in [-0.05, 0) is 30.2 Å². The van der Waals surface area contributed by atoms with E-state index in [0.29, 0.717) is 11.7 Å². The Morgan fingerprint density at radius 3 is 2.58 bits per heavy atom. The average molecular weight is 339 g/mol. The Labute approximate surface area is 146 Å². The van der Waals surface area contributed by atoms with Crippen LogP contribution in [0.4, 0.5) is 5.69 Å². The second-order valence-electron chi connectivity index (χ2n) is 6.09. The first-order chi connectivity index (χ1) is 11.6. The van der Waals surface area contributed by atoms with Crippen molar-refractivity contribution in [2.75, 3.05) is 11.1 Å². The molecular formula is C19H21N3OS. The van der Waals surface area contributed by atoms with E-state index in [1.165, 1.54) is 11.8 Å². The fraction of sp³-hybridized carbons (Fsp3) is 0.263. The van der Waals surface area contributed by atoms with E-state index in [9.17, 15) is 4.79 Å². The molecule has 1 heterocycles. The van der Waals surface area contributed by atoms with Crippen molar-refractivity contribution >= 4 is 34.4 Å². The second kappa shape index (κ2) is 7.53. The Morgan fingerprint density at radius 2 is 1.83 bits per heavy atom. The number of nitrogens with zero attached hydrogens (tertiary/aromatic N) is 2. The number of carbonyl (C=O) groups is 1. The molecule has 1 aromatic heterocycles. The summed E-state index contributed by atoms with van der Waals surface area (Å²) in [6.07, 6.45) is 0. The fourth-order valence-electron chi connectivity index (χ4n) is 2.55. The summed E-state index contributed by atoms with van der Waals surface area (Å²) >= 11 is 1.48. The number of imidazole rings is 1. The molecule has 0 aliphatic rings. The van der Waals surface area contributed by atoms with E-state index < -0.39 is 0 Å². The molecule has 3 rings (SSSR count). The standard InChI is InChI=1S/C19H21N3OS/c1-14(2)12-22-17-11-7-6-10-16(17)21-19(22)24-13-18(23)20-15-8-4-3-5-9-15/h3-11,14H,12-13H2,1-2H3,(H,20,23). The van der Waals surface area contributed by atoms with Crippen molar-refractivity contribution in [3.8, 4) is 0 Å². The topological polar surface area (TPSA) is 46.9 Å². The van der Waals surface area contributed by atoms with Crippen LogP contribution in [0.5, 0.6) is 0 Å². The van der Waals surface area contributed by atoms with Crippen LogP contribution in [0.15, 0.2) is 59.8 Å². The molecular weight excluding hydrogens is 318 g/mol. The van der Waals surface area contributed by atoms with E-state index in [0.717, 1.165) is 28.4 Å². The quantitative estimate of drug-likeness (QED) is 0.676. The number of aromatic nitrogens is 2.